The van der Waals surface area contributed by atoms with Crippen LogP contribution in [0.15, 0.2) is 29.4 Å². The van der Waals surface area contributed by atoms with E-state index in [0.717, 1.165) is 37.7 Å². The van der Waals surface area contributed by atoms with Crippen molar-refractivity contribution in [1.29, 1.82) is 0 Å². The molecule has 0 aromatic heterocycles. The van der Waals surface area contributed by atoms with Crippen LogP contribution in [-0.4, -0.2) is 21.3 Å². The van der Waals surface area contributed by atoms with Gasteiger partial charge in [0.1, 0.15) is 17.1 Å². The number of benzene rings is 1. The lowest BCUT2D eigenvalue weighted by molar-refractivity contribution is 0.0692. The van der Waals surface area contributed by atoms with Gasteiger partial charge in [0.2, 0.25) is 0 Å². The van der Waals surface area contributed by atoms with Crippen LogP contribution in [0.2, 0.25) is 0 Å². The van der Waals surface area contributed by atoms with Gasteiger partial charge in [0, 0.05) is 5.56 Å². The summed E-state index contributed by atoms with van der Waals surface area (Å²) in [5.74, 6) is -1.50. The first-order valence-corrected chi connectivity index (χ1v) is 9.36. The molecule has 152 valence electrons. The van der Waals surface area contributed by atoms with Crippen LogP contribution in [0, 0.1) is 0 Å². The molecule has 0 amide bonds. The highest BCUT2D eigenvalue weighted by molar-refractivity contribution is 5.93. The average Bonchev–Trinajstić information content (AvgIpc) is 2.53. The Morgan fingerprint density at radius 3 is 2.33 bits per heavy atom. The van der Waals surface area contributed by atoms with Crippen LogP contribution in [0.4, 0.5) is 0 Å². The minimum absolute atomic E-state index is 0. The van der Waals surface area contributed by atoms with Crippen molar-refractivity contribution in [2.24, 2.45) is 0 Å². The van der Waals surface area contributed by atoms with E-state index in [1.165, 1.54) is 11.6 Å². The lowest BCUT2D eigenvalue weighted by Gasteiger charge is -2.14. The van der Waals surface area contributed by atoms with Crippen LogP contribution in [-0.2, 0) is 12.8 Å². The van der Waals surface area contributed by atoms with Crippen molar-refractivity contribution in [1.82, 2.24) is 0 Å². The Hall–Kier alpha value is -2.23. The summed E-state index contributed by atoms with van der Waals surface area (Å²) < 4.78 is 0. The van der Waals surface area contributed by atoms with Crippen LogP contribution in [0.5, 0.6) is 11.5 Å². The fourth-order valence-corrected chi connectivity index (χ4v) is 2.92. The van der Waals surface area contributed by atoms with Gasteiger partial charge in [-0.1, -0.05) is 50.5 Å². The zero-order valence-electron chi connectivity index (χ0n) is 16.4. The van der Waals surface area contributed by atoms with Crippen LogP contribution in [0.3, 0.4) is 0 Å². The summed E-state index contributed by atoms with van der Waals surface area (Å²) >= 11 is 0. The number of allylic oxidation sites excluding steroid dienone is 4. The number of phenols is 2. The molecular formula is C23H36O4. The average molecular weight is 377 g/mol. The molecule has 0 aliphatic carbocycles. The topological polar surface area (TPSA) is 77.8 Å². The molecule has 1 aromatic rings. The van der Waals surface area contributed by atoms with Gasteiger partial charge < -0.3 is 15.3 Å². The normalized spacial score (nSPS) is 11.0. The fraction of sp³-hybridized carbons (Fsp3) is 0.522. The van der Waals surface area contributed by atoms with Crippen molar-refractivity contribution >= 4 is 5.97 Å². The SMILES string of the molecule is C.CCCCCc1cc(O)c(C/C=C(\C)CCC=C(C)C)c(O)c1C(=O)O. The maximum Gasteiger partial charge on any atom is 0.339 e. The molecule has 0 aliphatic rings. The van der Waals surface area contributed by atoms with Crippen molar-refractivity contribution < 1.29 is 20.1 Å². The lowest BCUT2D eigenvalue weighted by atomic mass is 9.95. The molecule has 0 spiro atoms. The first-order chi connectivity index (χ1) is 12.3. The Labute approximate surface area is 164 Å². The second-order valence-corrected chi connectivity index (χ2v) is 7.09. The molecule has 0 fully saturated rings. The van der Waals surface area contributed by atoms with E-state index in [1.807, 2.05) is 13.0 Å². The second-order valence-electron chi connectivity index (χ2n) is 7.09. The standard InChI is InChI=1S/C22H32O4.CH4/c1-5-6-7-11-17-14-19(23)18(21(24)20(17)22(25)26)13-12-16(4)10-8-9-15(2)3;/h9,12,14,23-24H,5-8,10-11,13H2,1-4H3,(H,25,26);1H4/b16-12+;. The van der Waals surface area contributed by atoms with E-state index in [9.17, 15) is 20.1 Å². The third-order valence-corrected chi connectivity index (χ3v) is 4.47. The molecule has 27 heavy (non-hydrogen) atoms. The number of carbonyl (C=O) groups is 1. The number of aromatic hydroxyl groups is 2. The van der Waals surface area contributed by atoms with Crippen LogP contribution >= 0.6 is 0 Å². The Morgan fingerprint density at radius 2 is 1.78 bits per heavy atom. The van der Waals surface area contributed by atoms with Gasteiger partial charge in [-0.3, -0.25) is 0 Å². The summed E-state index contributed by atoms with van der Waals surface area (Å²) in [6, 6.07) is 1.50. The molecule has 0 bridgehead atoms. The molecule has 1 aromatic carbocycles. The van der Waals surface area contributed by atoms with Gasteiger partial charge in [0.05, 0.1) is 0 Å². The number of unbranched alkanes of at least 4 members (excludes halogenated alkanes) is 2. The monoisotopic (exact) mass is 376 g/mol. The molecule has 4 nitrogen and oxygen atoms in total. The summed E-state index contributed by atoms with van der Waals surface area (Å²) in [5.41, 5.74) is 3.12. The molecule has 0 unspecified atom stereocenters. The van der Waals surface area contributed by atoms with Gasteiger partial charge in [-0.2, -0.15) is 0 Å². The number of aromatic carboxylic acids is 1. The van der Waals surface area contributed by atoms with E-state index in [2.05, 4.69) is 26.8 Å². The number of carboxylic acid groups (broad SMARTS) is 1. The van der Waals surface area contributed by atoms with E-state index < -0.39 is 5.97 Å². The molecule has 0 atom stereocenters. The zero-order chi connectivity index (χ0) is 19.7. The summed E-state index contributed by atoms with van der Waals surface area (Å²) in [6.07, 6.45) is 9.63. The highest BCUT2D eigenvalue weighted by atomic mass is 16.4. The largest absolute Gasteiger partial charge is 0.508 e. The summed E-state index contributed by atoms with van der Waals surface area (Å²) in [6.45, 7) is 8.20. The first-order valence-electron chi connectivity index (χ1n) is 9.36. The summed E-state index contributed by atoms with van der Waals surface area (Å²) in [5, 5.41) is 30.3. The highest BCUT2D eigenvalue weighted by Gasteiger charge is 2.21. The van der Waals surface area contributed by atoms with E-state index in [4.69, 9.17) is 0 Å². The number of phenolic OH excluding ortho intramolecular Hbond substituents is 1. The van der Waals surface area contributed by atoms with Crippen LogP contribution in [0.25, 0.3) is 0 Å². The molecular weight excluding hydrogens is 340 g/mol. The minimum atomic E-state index is -1.15. The Bertz CT molecular complexity index is 680. The summed E-state index contributed by atoms with van der Waals surface area (Å²) in [4.78, 5) is 11.6. The predicted molar refractivity (Wildman–Crippen MR) is 113 cm³/mol. The maximum atomic E-state index is 11.6. The van der Waals surface area contributed by atoms with Gasteiger partial charge in [0.25, 0.3) is 0 Å². The number of aryl methyl sites for hydroxylation is 1. The van der Waals surface area contributed by atoms with E-state index in [-0.39, 0.29) is 30.1 Å². The number of carboxylic acids is 1. The Balaban J connectivity index is 0.00000676. The van der Waals surface area contributed by atoms with Crippen molar-refractivity contribution in [3.05, 3.63) is 46.1 Å². The van der Waals surface area contributed by atoms with E-state index >= 15 is 0 Å². The van der Waals surface area contributed by atoms with Gasteiger partial charge in [-0.15, -0.1) is 0 Å². The van der Waals surface area contributed by atoms with Crippen molar-refractivity contribution in [3.8, 4) is 11.5 Å². The minimum Gasteiger partial charge on any atom is -0.508 e. The summed E-state index contributed by atoms with van der Waals surface area (Å²) in [7, 11) is 0. The molecule has 0 saturated carbocycles. The Kier molecular flexibility index (Phi) is 11.2. The smallest absolute Gasteiger partial charge is 0.339 e. The third-order valence-electron chi connectivity index (χ3n) is 4.47. The van der Waals surface area contributed by atoms with Crippen molar-refractivity contribution in [2.45, 2.75) is 80.1 Å². The third kappa shape index (κ3) is 7.90. The zero-order valence-corrected chi connectivity index (χ0v) is 16.4. The number of rotatable bonds is 10. The van der Waals surface area contributed by atoms with Crippen molar-refractivity contribution in [2.75, 3.05) is 0 Å². The van der Waals surface area contributed by atoms with Gasteiger partial charge in [-0.05, 0) is 64.5 Å². The molecule has 0 heterocycles. The Morgan fingerprint density at radius 1 is 1.11 bits per heavy atom. The van der Waals surface area contributed by atoms with E-state index in [0.29, 0.717) is 18.4 Å². The van der Waals surface area contributed by atoms with Crippen molar-refractivity contribution in [3.63, 3.8) is 0 Å². The van der Waals surface area contributed by atoms with Gasteiger partial charge >= 0.3 is 5.97 Å². The number of hydrogen-bond donors (Lipinski definition) is 3. The van der Waals surface area contributed by atoms with Crippen LogP contribution < -0.4 is 0 Å². The molecule has 0 saturated heterocycles. The van der Waals surface area contributed by atoms with E-state index in [1.54, 1.807) is 0 Å². The second kappa shape index (κ2) is 12.2. The molecule has 0 radical (unpaired) electrons. The van der Waals surface area contributed by atoms with Crippen LogP contribution in [0.1, 0.15) is 88.7 Å². The molecule has 4 heteroatoms. The first kappa shape index (κ1) is 24.8. The maximum absolute atomic E-state index is 11.6. The number of hydrogen-bond acceptors (Lipinski definition) is 3. The molecule has 3 N–H and O–H groups in total. The highest BCUT2D eigenvalue weighted by Crippen LogP contribution is 2.35. The molecule has 0 aliphatic heterocycles. The quantitative estimate of drug-likeness (QED) is 0.326. The van der Waals surface area contributed by atoms with Gasteiger partial charge in [0.15, 0.2) is 0 Å². The predicted octanol–water partition coefficient (Wildman–Crippen LogP) is 6.40. The van der Waals surface area contributed by atoms with Gasteiger partial charge in [-0.25, -0.2) is 4.79 Å². The molecule has 1 rings (SSSR count). The lowest BCUT2D eigenvalue weighted by Crippen LogP contribution is -2.05. The fourth-order valence-electron chi connectivity index (χ4n) is 2.92.